The van der Waals surface area contributed by atoms with E-state index >= 15 is 4.39 Å². The molecule has 1 saturated carbocycles. The summed E-state index contributed by atoms with van der Waals surface area (Å²) in [5, 5.41) is 6.74. The van der Waals surface area contributed by atoms with Gasteiger partial charge in [-0.05, 0) is 37.1 Å². The van der Waals surface area contributed by atoms with Gasteiger partial charge in [-0.1, -0.05) is 19.3 Å². The average Bonchev–Trinajstić information content (AvgIpc) is 3.72. The first-order valence-electron chi connectivity index (χ1n) is 12.9. The molecular formula is C28H21FN8OS. The number of halogens is 1. The van der Waals surface area contributed by atoms with E-state index in [4.69, 9.17) is 4.98 Å². The van der Waals surface area contributed by atoms with E-state index in [9.17, 15) is 4.79 Å². The Balaban J connectivity index is 1.57. The number of imidazole rings is 1. The lowest BCUT2D eigenvalue weighted by Gasteiger charge is -2.21. The second-order valence-electron chi connectivity index (χ2n) is 9.99. The summed E-state index contributed by atoms with van der Waals surface area (Å²) in [7, 11) is 0. The fourth-order valence-corrected chi connectivity index (χ4v) is 6.74. The summed E-state index contributed by atoms with van der Waals surface area (Å²) in [4.78, 5) is 37.8. The maximum absolute atomic E-state index is 16.2. The summed E-state index contributed by atoms with van der Waals surface area (Å²) in [6, 6.07) is 7.50. The maximum atomic E-state index is 16.2. The topological polar surface area (TPSA) is 118 Å². The SMILES string of the molecule is O=C(C1CCCCC1)n1c2cncc(c2)c2cnc3[nH][nH]c(c4nc5ccnc(c6ccc1s6)c5n4)-c3c2F. The molecule has 1 aliphatic carbocycles. The highest BCUT2D eigenvalue weighted by molar-refractivity contribution is 7.24. The first-order valence-corrected chi connectivity index (χ1v) is 13.7. The summed E-state index contributed by atoms with van der Waals surface area (Å²) in [6.45, 7) is 0. The molecule has 0 spiro atoms. The van der Waals surface area contributed by atoms with Gasteiger partial charge in [0.15, 0.2) is 11.3 Å². The molecule has 2 N–H and O–H groups in total. The number of H-pyrrole nitrogens is 2. The Morgan fingerprint density at radius 3 is 2.79 bits per heavy atom. The monoisotopic (exact) mass is 536 g/mol. The van der Waals surface area contributed by atoms with Crippen LogP contribution in [0.25, 0.3) is 64.9 Å². The van der Waals surface area contributed by atoms with E-state index in [1.165, 1.54) is 17.5 Å². The van der Waals surface area contributed by atoms with Crippen LogP contribution in [-0.2, 0) is 0 Å². The Morgan fingerprint density at radius 1 is 1.00 bits per heavy atom. The molecule has 3 aliphatic rings. The number of aromatic amines is 2. The Bertz CT molecular complexity index is 2110. The molecule has 8 rings (SSSR count). The zero-order chi connectivity index (χ0) is 26.1. The molecule has 1 fully saturated rings. The fraction of sp³-hybridized carbons (Fsp3) is 0.214. The van der Waals surface area contributed by atoms with Crippen LogP contribution in [0, 0.1) is 11.7 Å². The quantitative estimate of drug-likeness (QED) is 0.246. The Hall–Kier alpha value is -4.51. The smallest absolute Gasteiger partial charge is 0.235 e. The first-order chi connectivity index (χ1) is 19.2. The zero-order valence-electron chi connectivity index (χ0n) is 20.6. The average molecular weight is 537 g/mol. The van der Waals surface area contributed by atoms with Crippen LogP contribution in [0.2, 0.25) is 0 Å². The molecule has 0 saturated heterocycles. The molecule has 5 aromatic heterocycles. The number of thiophene rings is 1. The van der Waals surface area contributed by atoms with Gasteiger partial charge in [-0.15, -0.1) is 11.3 Å². The molecule has 5 aromatic rings. The normalized spacial score (nSPS) is 14.8. The number of rotatable bonds is 1. The molecule has 11 heteroatoms. The van der Waals surface area contributed by atoms with Gasteiger partial charge in [0.1, 0.15) is 27.4 Å². The molecule has 9 nitrogen and oxygen atoms in total. The van der Waals surface area contributed by atoms with Gasteiger partial charge in [-0.25, -0.2) is 19.3 Å². The van der Waals surface area contributed by atoms with Crippen LogP contribution in [0.3, 0.4) is 0 Å². The standard InChI is InChI=1S/C28H21FN8OS/c29-22-17-13-32-26-21(22)25(35-36-26)27-33-18-8-9-31-24(23(18)34-27)19-6-7-20(39-19)37(16-10-15(17)11-30-12-16)28(38)14-4-2-1-3-5-14/h6-14,35H,1-5H2,(H,32,36). The molecule has 0 radical (unpaired) electrons. The van der Waals surface area contributed by atoms with Crippen LogP contribution in [0.1, 0.15) is 36.9 Å². The van der Waals surface area contributed by atoms with E-state index in [0.29, 0.717) is 44.4 Å². The lowest BCUT2D eigenvalue weighted by molar-refractivity contribution is 0.0812. The van der Waals surface area contributed by atoms with Crippen LogP contribution in [0.4, 0.5) is 4.39 Å². The number of nitrogens with one attached hydrogen (secondary N) is 2. The Morgan fingerprint density at radius 2 is 1.90 bits per heavy atom. The summed E-state index contributed by atoms with van der Waals surface area (Å²) >= 11 is 1.47. The largest absolute Gasteiger partial charge is 0.295 e. The van der Waals surface area contributed by atoms with Crippen LogP contribution in [0.15, 0.2) is 49.1 Å². The van der Waals surface area contributed by atoms with Gasteiger partial charge in [0.25, 0.3) is 0 Å². The van der Waals surface area contributed by atoms with Crippen molar-refractivity contribution in [3.63, 3.8) is 0 Å². The lowest BCUT2D eigenvalue weighted by atomic mass is 9.88. The van der Waals surface area contributed by atoms with E-state index in [0.717, 1.165) is 41.6 Å². The number of carbonyl (C=O) groups excluding carboxylic acids is 1. The number of aromatic nitrogens is 8. The molecule has 0 atom stereocenters. The van der Waals surface area contributed by atoms with Gasteiger partial charge >= 0.3 is 0 Å². The maximum Gasteiger partial charge on any atom is 0.235 e. The van der Waals surface area contributed by atoms with Crippen molar-refractivity contribution in [1.29, 1.82) is 0 Å². The van der Waals surface area contributed by atoms with Gasteiger partial charge in [-0.3, -0.25) is 29.5 Å². The van der Waals surface area contributed by atoms with Crippen molar-refractivity contribution in [3.8, 4) is 11.3 Å². The van der Waals surface area contributed by atoms with Crippen LogP contribution >= 0.6 is 11.3 Å². The van der Waals surface area contributed by atoms with E-state index < -0.39 is 5.82 Å². The molecular weight excluding hydrogens is 515 g/mol. The van der Waals surface area contributed by atoms with Gasteiger partial charge in [0.2, 0.25) is 5.91 Å². The molecule has 8 bridgehead atoms. The van der Waals surface area contributed by atoms with E-state index in [-0.39, 0.29) is 22.8 Å². The Labute approximate surface area is 223 Å². The van der Waals surface area contributed by atoms with Crippen LogP contribution in [-0.4, -0.2) is 45.6 Å². The summed E-state index contributed by atoms with van der Waals surface area (Å²) < 4.78 is 18.8. The molecule has 0 amide bonds. The van der Waals surface area contributed by atoms with Crippen molar-refractivity contribution < 1.29 is 9.18 Å². The first kappa shape index (κ1) is 22.5. The van der Waals surface area contributed by atoms with Crippen LogP contribution < -0.4 is 0 Å². The number of nitrogens with zero attached hydrogens (tertiary/aromatic N) is 6. The third-order valence-corrected chi connectivity index (χ3v) is 8.73. The van der Waals surface area contributed by atoms with Crippen molar-refractivity contribution in [1.82, 2.24) is 39.7 Å². The number of carbonyl (C=O) groups is 1. The predicted molar refractivity (Wildman–Crippen MR) is 149 cm³/mol. The van der Waals surface area contributed by atoms with Crippen molar-refractivity contribution in [2.24, 2.45) is 5.92 Å². The van der Waals surface area contributed by atoms with E-state index in [1.807, 2.05) is 18.2 Å². The molecule has 192 valence electrons. The summed E-state index contributed by atoms with van der Waals surface area (Å²) in [5.41, 5.74) is 3.86. The molecule has 0 unspecified atom stereocenters. The number of pyridine rings is 3. The zero-order valence-corrected chi connectivity index (χ0v) is 21.4. The highest BCUT2D eigenvalue weighted by atomic mass is 32.1. The van der Waals surface area contributed by atoms with Gasteiger partial charge in [0, 0.05) is 35.3 Å². The van der Waals surface area contributed by atoms with Crippen molar-refractivity contribution in [2.45, 2.75) is 32.1 Å². The highest BCUT2D eigenvalue weighted by Gasteiger charge is 2.25. The lowest BCUT2D eigenvalue weighted by Crippen LogP contribution is -2.24. The minimum atomic E-state index is -0.475. The minimum absolute atomic E-state index is 0.0319. The van der Waals surface area contributed by atoms with Crippen molar-refractivity contribution in [3.05, 3.63) is 54.9 Å². The minimum Gasteiger partial charge on any atom is -0.295 e. The third-order valence-electron chi connectivity index (χ3n) is 7.66. The molecule has 0 aromatic carbocycles. The predicted octanol–water partition coefficient (Wildman–Crippen LogP) is 6.54. The number of fused-ring (bicyclic) bond motifs is 9. The van der Waals surface area contributed by atoms with E-state index in [1.54, 1.807) is 29.2 Å². The summed E-state index contributed by atoms with van der Waals surface area (Å²) in [5.74, 6) is -0.520. The number of hydrogen-bond acceptors (Lipinski definition) is 7. The van der Waals surface area contributed by atoms with Crippen molar-refractivity contribution >= 4 is 70.9 Å². The van der Waals surface area contributed by atoms with Gasteiger partial charge in [0.05, 0.1) is 27.5 Å². The molecule has 7 heterocycles. The third kappa shape index (κ3) is 3.42. The molecule has 39 heavy (non-hydrogen) atoms. The second kappa shape index (κ2) is 8.50. The van der Waals surface area contributed by atoms with Crippen molar-refractivity contribution in [2.75, 3.05) is 0 Å². The fourth-order valence-electron chi connectivity index (χ4n) is 5.71. The van der Waals surface area contributed by atoms with Gasteiger partial charge < -0.3 is 0 Å². The number of hydrogen-bond donors (Lipinski definition) is 2. The Kier molecular flexibility index (Phi) is 4.90. The highest BCUT2D eigenvalue weighted by Crippen LogP contribution is 2.34. The molecule has 2 aliphatic heterocycles. The summed E-state index contributed by atoms with van der Waals surface area (Å²) in [6.07, 6.45) is 11.4. The van der Waals surface area contributed by atoms with Crippen LogP contribution in [0.5, 0.6) is 0 Å². The van der Waals surface area contributed by atoms with E-state index in [2.05, 4.69) is 30.1 Å². The van der Waals surface area contributed by atoms with Gasteiger partial charge in [-0.2, -0.15) is 0 Å². The second-order valence-corrected chi connectivity index (χ2v) is 11.0.